The second kappa shape index (κ2) is 3.90. The van der Waals surface area contributed by atoms with Crippen molar-refractivity contribution in [2.75, 3.05) is 5.32 Å². The number of nitrogens with two attached hydrogens (primary N) is 1. The highest BCUT2D eigenvalue weighted by Crippen LogP contribution is 2.24. The Hall–Kier alpha value is -1.55. The second-order valence-corrected chi connectivity index (χ2v) is 4.20. The Morgan fingerprint density at radius 1 is 1.47 bits per heavy atom. The molecule has 0 aliphatic carbocycles. The molecule has 0 fully saturated rings. The first-order valence-electron chi connectivity index (χ1n) is 4.70. The third kappa shape index (κ3) is 2.95. The van der Waals surface area contributed by atoms with Crippen molar-refractivity contribution in [2.24, 2.45) is 5.73 Å². The van der Waals surface area contributed by atoms with Crippen LogP contribution in [0.1, 0.15) is 19.4 Å². The molecule has 0 heterocycles. The first-order chi connectivity index (χ1) is 6.80. The van der Waals surface area contributed by atoms with Gasteiger partial charge in [0.2, 0.25) is 5.91 Å². The first-order valence-corrected chi connectivity index (χ1v) is 4.70. The van der Waals surface area contributed by atoms with Gasteiger partial charge in [0.1, 0.15) is 5.75 Å². The normalized spacial score (nSPS) is 11.2. The van der Waals surface area contributed by atoms with Crippen LogP contribution in [0.5, 0.6) is 5.75 Å². The maximum Gasteiger partial charge on any atom is 0.243 e. The van der Waals surface area contributed by atoms with E-state index in [0.717, 1.165) is 5.56 Å². The van der Waals surface area contributed by atoms with Crippen LogP contribution in [0.2, 0.25) is 0 Å². The Morgan fingerprint density at radius 2 is 2.07 bits per heavy atom. The molecule has 0 radical (unpaired) electrons. The van der Waals surface area contributed by atoms with Crippen LogP contribution in [0, 0.1) is 6.92 Å². The maximum atomic E-state index is 11.6. The lowest BCUT2D eigenvalue weighted by Crippen LogP contribution is -2.45. The number of phenolic OH excluding ortho intramolecular Hbond substituents is 1. The first kappa shape index (κ1) is 11.5. The van der Waals surface area contributed by atoms with E-state index in [1.54, 1.807) is 26.0 Å². The minimum atomic E-state index is -0.962. The molecule has 0 aromatic heterocycles. The van der Waals surface area contributed by atoms with Crippen molar-refractivity contribution >= 4 is 11.6 Å². The Bertz CT molecular complexity index is 381. The summed E-state index contributed by atoms with van der Waals surface area (Å²) in [6, 6.07) is 4.99. The monoisotopic (exact) mass is 208 g/mol. The highest BCUT2D eigenvalue weighted by Gasteiger charge is 2.22. The molecule has 1 aromatic rings. The van der Waals surface area contributed by atoms with E-state index in [9.17, 15) is 9.90 Å². The van der Waals surface area contributed by atoms with Crippen LogP contribution in [0.25, 0.3) is 0 Å². The van der Waals surface area contributed by atoms with Crippen molar-refractivity contribution in [2.45, 2.75) is 26.3 Å². The van der Waals surface area contributed by atoms with Crippen LogP contribution in [-0.4, -0.2) is 16.6 Å². The van der Waals surface area contributed by atoms with E-state index in [1.807, 2.05) is 6.92 Å². The lowest BCUT2D eigenvalue weighted by molar-refractivity contribution is -0.120. The molecule has 0 bridgehead atoms. The number of hydrogen-bond donors (Lipinski definition) is 3. The lowest BCUT2D eigenvalue weighted by atomic mass is 10.1. The van der Waals surface area contributed by atoms with Crippen molar-refractivity contribution in [3.63, 3.8) is 0 Å². The second-order valence-electron chi connectivity index (χ2n) is 4.20. The molecule has 0 saturated carbocycles. The van der Waals surface area contributed by atoms with Crippen molar-refractivity contribution in [3.8, 4) is 5.75 Å². The Balaban J connectivity index is 2.90. The zero-order chi connectivity index (χ0) is 11.6. The average molecular weight is 208 g/mol. The molecule has 15 heavy (non-hydrogen) atoms. The van der Waals surface area contributed by atoms with E-state index in [2.05, 4.69) is 5.32 Å². The number of rotatable bonds is 2. The number of hydrogen-bond acceptors (Lipinski definition) is 3. The molecular formula is C11H16N2O2. The summed E-state index contributed by atoms with van der Waals surface area (Å²) in [6.07, 6.45) is 0. The molecule has 82 valence electrons. The van der Waals surface area contributed by atoms with Gasteiger partial charge >= 0.3 is 0 Å². The summed E-state index contributed by atoms with van der Waals surface area (Å²) in [5, 5.41) is 12.1. The summed E-state index contributed by atoms with van der Waals surface area (Å²) in [5.41, 5.74) is 6.00. The predicted octanol–water partition coefficient (Wildman–Crippen LogP) is 1.38. The number of aromatic hydroxyl groups is 1. The minimum absolute atomic E-state index is 0.0400. The molecule has 0 spiro atoms. The number of carbonyl (C=O) groups is 1. The van der Waals surface area contributed by atoms with E-state index in [4.69, 9.17) is 5.73 Å². The molecule has 4 N–H and O–H groups in total. The van der Waals surface area contributed by atoms with Crippen LogP contribution in [0.4, 0.5) is 5.69 Å². The molecule has 4 heteroatoms. The Kier molecular flexibility index (Phi) is 3.00. The van der Waals surface area contributed by atoms with Gasteiger partial charge in [-0.3, -0.25) is 4.79 Å². The summed E-state index contributed by atoms with van der Waals surface area (Å²) < 4.78 is 0. The van der Waals surface area contributed by atoms with E-state index in [1.165, 1.54) is 6.07 Å². The van der Waals surface area contributed by atoms with Gasteiger partial charge in [-0.1, -0.05) is 6.07 Å². The topological polar surface area (TPSA) is 75.3 Å². The number of carbonyl (C=O) groups excluding carboxylic acids is 1. The molecule has 4 nitrogen and oxygen atoms in total. The summed E-state index contributed by atoms with van der Waals surface area (Å²) in [6.45, 7) is 5.09. The number of nitrogens with one attached hydrogen (secondary N) is 1. The number of benzene rings is 1. The Morgan fingerprint density at radius 3 is 2.60 bits per heavy atom. The van der Waals surface area contributed by atoms with E-state index < -0.39 is 5.54 Å². The zero-order valence-electron chi connectivity index (χ0n) is 9.16. The molecule has 0 aliphatic heterocycles. The molecular weight excluding hydrogens is 192 g/mol. The van der Waals surface area contributed by atoms with Gasteiger partial charge < -0.3 is 16.2 Å². The third-order valence-electron chi connectivity index (χ3n) is 1.99. The largest absolute Gasteiger partial charge is 0.506 e. The van der Waals surface area contributed by atoms with Crippen molar-refractivity contribution in [3.05, 3.63) is 23.8 Å². The molecule has 0 atom stereocenters. The summed E-state index contributed by atoms with van der Waals surface area (Å²) in [5.74, 6) is -0.290. The highest BCUT2D eigenvalue weighted by atomic mass is 16.3. The van der Waals surface area contributed by atoms with Gasteiger partial charge in [0.05, 0.1) is 11.2 Å². The van der Waals surface area contributed by atoms with Crippen LogP contribution in [0.3, 0.4) is 0 Å². The van der Waals surface area contributed by atoms with Crippen molar-refractivity contribution in [1.29, 1.82) is 0 Å². The molecule has 0 saturated heterocycles. The highest BCUT2D eigenvalue weighted by molar-refractivity contribution is 5.98. The fourth-order valence-electron chi connectivity index (χ4n) is 1.03. The van der Waals surface area contributed by atoms with E-state index in [-0.39, 0.29) is 11.7 Å². The quantitative estimate of drug-likeness (QED) is 0.643. The van der Waals surface area contributed by atoms with Gasteiger partial charge in [0.15, 0.2) is 0 Å². The fourth-order valence-corrected chi connectivity index (χ4v) is 1.03. The van der Waals surface area contributed by atoms with Gasteiger partial charge in [-0.05, 0) is 38.5 Å². The van der Waals surface area contributed by atoms with Crippen LogP contribution in [0.15, 0.2) is 18.2 Å². The third-order valence-corrected chi connectivity index (χ3v) is 1.99. The zero-order valence-corrected chi connectivity index (χ0v) is 9.16. The van der Waals surface area contributed by atoms with Crippen LogP contribution < -0.4 is 11.1 Å². The SMILES string of the molecule is Cc1ccc(O)c(NC(=O)C(C)(C)N)c1. The minimum Gasteiger partial charge on any atom is -0.506 e. The number of aryl methyl sites for hydroxylation is 1. The van der Waals surface area contributed by atoms with E-state index in [0.29, 0.717) is 5.69 Å². The predicted molar refractivity (Wildman–Crippen MR) is 59.7 cm³/mol. The number of amides is 1. The standard InChI is InChI=1S/C11H16N2O2/c1-7-4-5-9(14)8(6-7)13-10(15)11(2,3)12/h4-6,14H,12H2,1-3H3,(H,13,15). The van der Waals surface area contributed by atoms with Crippen molar-refractivity contribution < 1.29 is 9.90 Å². The molecule has 0 unspecified atom stereocenters. The van der Waals surface area contributed by atoms with Gasteiger partial charge in [0, 0.05) is 0 Å². The summed E-state index contributed by atoms with van der Waals surface area (Å²) in [7, 11) is 0. The summed E-state index contributed by atoms with van der Waals surface area (Å²) >= 11 is 0. The van der Waals surface area contributed by atoms with Gasteiger partial charge in [-0.15, -0.1) is 0 Å². The van der Waals surface area contributed by atoms with Gasteiger partial charge in [-0.2, -0.15) is 0 Å². The average Bonchev–Trinajstić information content (AvgIpc) is 2.09. The van der Waals surface area contributed by atoms with Gasteiger partial charge in [0.25, 0.3) is 0 Å². The number of phenols is 1. The smallest absolute Gasteiger partial charge is 0.243 e. The van der Waals surface area contributed by atoms with Crippen LogP contribution >= 0.6 is 0 Å². The Labute approximate surface area is 89.1 Å². The van der Waals surface area contributed by atoms with Gasteiger partial charge in [-0.25, -0.2) is 0 Å². The maximum absolute atomic E-state index is 11.6. The van der Waals surface area contributed by atoms with E-state index >= 15 is 0 Å². The number of anilines is 1. The van der Waals surface area contributed by atoms with Crippen molar-refractivity contribution in [1.82, 2.24) is 0 Å². The molecule has 0 aliphatic rings. The molecule has 1 rings (SSSR count). The summed E-state index contributed by atoms with van der Waals surface area (Å²) in [4.78, 5) is 11.6. The molecule has 1 amide bonds. The molecule has 1 aromatic carbocycles. The van der Waals surface area contributed by atoms with Crippen LogP contribution in [-0.2, 0) is 4.79 Å². The fraction of sp³-hybridized carbons (Fsp3) is 0.364. The lowest BCUT2D eigenvalue weighted by Gasteiger charge is -2.18.